The molecule has 0 aromatic carbocycles. The molecule has 0 aromatic rings. The van der Waals surface area contributed by atoms with Gasteiger partial charge in [-0.2, -0.15) is 0 Å². The lowest BCUT2D eigenvalue weighted by Gasteiger charge is -2.27. The number of carbonyl (C=O) groups is 1. The number of nitrogens with two attached hydrogens (primary N) is 3. The van der Waals surface area contributed by atoms with Crippen LogP contribution in [-0.2, 0) is 4.79 Å². The highest BCUT2D eigenvalue weighted by Gasteiger charge is 2.25. The summed E-state index contributed by atoms with van der Waals surface area (Å²) in [5, 5.41) is 0. The van der Waals surface area contributed by atoms with Crippen molar-refractivity contribution in [1.29, 1.82) is 0 Å². The first-order valence-electron chi connectivity index (χ1n) is 5.61. The highest BCUT2D eigenvalue weighted by atomic mass is 16.1. The molecule has 0 spiro atoms. The highest BCUT2D eigenvalue weighted by Crippen LogP contribution is 2.32. The van der Waals surface area contributed by atoms with Crippen LogP contribution in [0.3, 0.4) is 0 Å². The van der Waals surface area contributed by atoms with E-state index in [4.69, 9.17) is 17.2 Å². The molecule has 0 fully saturated rings. The van der Waals surface area contributed by atoms with Gasteiger partial charge in [-0.05, 0) is 31.8 Å². The van der Waals surface area contributed by atoms with Gasteiger partial charge in [-0.25, -0.2) is 0 Å². The van der Waals surface area contributed by atoms with Crippen LogP contribution in [0.2, 0.25) is 0 Å². The molecule has 1 rings (SSSR count). The maximum Gasteiger partial charge on any atom is 0.156 e. The monoisotopic (exact) mass is 227 g/mol. The normalized spacial score (nSPS) is 21.0. The van der Waals surface area contributed by atoms with Crippen LogP contribution in [0, 0.1) is 5.41 Å². The Bertz CT molecular complexity index is 261. The van der Waals surface area contributed by atoms with Crippen molar-refractivity contribution < 1.29 is 4.79 Å². The molecule has 1 aliphatic rings. The van der Waals surface area contributed by atoms with Gasteiger partial charge in [0.25, 0.3) is 0 Å². The third-order valence-electron chi connectivity index (χ3n) is 2.42. The van der Waals surface area contributed by atoms with E-state index in [0.29, 0.717) is 6.42 Å². The van der Waals surface area contributed by atoms with Gasteiger partial charge in [-0.1, -0.05) is 19.4 Å². The van der Waals surface area contributed by atoms with Crippen LogP contribution in [0.15, 0.2) is 11.6 Å². The van der Waals surface area contributed by atoms with Gasteiger partial charge in [-0.3, -0.25) is 4.79 Å². The summed E-state index contributed by atoms with van der Waals surface area (Å²) in [7, 11) is 0. The highest BCUT2D eigenvalue weighted by molar-refractivity contribution is 5.91. The van der Waals surface area contributed by atoms with Crippen LogP contribution in [0.4, 0.5) is 0 Å². The second kappa shape index (κ2) is 6.13. The Hall–Kier alpha value is -0.710. The van der Waals surface area contributed by atoms with E-state index in [1.165, 1.54) is 5.57 Å². The molecule has 0 aliphatic heterocycles. The maximum absolute atomic E-state index is 11.0. The van der Waals surface area contributed by atoms with Crippen LogP contribution in [0.5, 0.6) is 0 Å². The van der Waals surface area contributed by atoms with Crippen molar-refractivity contribution in [3.63, 3.8) is 0 Å². The Morgan fingerprint density at radius 2 is 1.69 bits per heavy atom. The molecule has 1 atom stereocenters. The summed E-state index contributed by atoms with van der Waals surface area (Å²) in [5.41, 5.74) is 16.8. The minimum Gasteiger partial charge on any atom is -0.325 e. The van der Waals surface area contributed by atoms with E-state index in [2.05, 4.69) is 13.8 Å². The lowest BCUT2D eigenvalue weighted by molar-refractivity contribution is -0.117. The zero-order chi connectivity index (χ0) is 12.9. The lowest BCUT2D eigenvalue weighted by Crippen LogP contribution is -2.45. The van der Waals surface area contributed by atoms with Crippen molar-refractivity contribution in [2.45, 2.75) is 52.7 Å². The van der Waals surface area contributed by atoms with Crippen LogP contribution in [0.1, 0.15) is 40.5 Å². The Morgan fingerprint density at radius 3 is 1.94 bits per heavy atom. The third-order valence-corrected chi connectivity index (χ3v) is 2.42. The second-order valence-corrected chi connectivity index (χ2v) is 5.41. The maximum atomic E-state index is 11.0. The van der Waals surface area contributed by atoms with Gasteiger partial charge in [-0.15, -0.1) is 0 Å². The molecule has 4 heteroatoms. The van der Waals surface area contributed by atoms with Crippen LogP contribution < -0.4 is 17.2 Å². The third kappa shape index (κ3) is 6.71. The Balaban J connectivity index is 0.000000325. The van der Waals surface area contributed by atoms with E-state index >= 15 is 0 Å². The molecular formula is C12H25N3O. The number of hydrogen-bond acceptors (Lipinski definition) is 4. The summed E-state index contributed by atoms with van der Waals surface area (Å²) < 4.78 is 0. The number of ketones is 1. The number of carbonyl (C=O) groups excluding carboxylic acids is 1. The molecule has 0 saturated heterocycles. The molecule has 0 heterocycles. The fourth-order valence-corrected chi connectivity index (χ4v) is 1.67. The first-order valence-corrected chi connectivity index (χ1v) is 5.61. The number of rotatable bonds is 1. The molecule has 0 amide bonds. The summed E-state index contributed by atoms with van der Waals surface area (Å²) >= 11 is 0. The average molecular weight is 227 g/mol. The van der Waals surface area contributed by atoms with E-state index in [1.54, 1.807) is 13.0 Å². The predicted octanol–water partition coefficient (Wildman–Crippen LogP) is 0.899. The zero-order valence-corrected chi connectivity index (χ0v) is 10.8. The molecule has 0 radical (unpaired) electrons. The van der Waals surface area contributed by atoms with Gasteiger partial charge < -0.3 is 17.2 Å². The summed E-state index contributed by atoms with van der Waals surface area (Å²) in [6.07, 6.45) is 3.18. The van der Waals surface area contributed by atoms with Crippen molar-refractivity contribution >= 4 is 5.78 Å². The summed E-state index contributed by atoms with van der Waals surface area (Å²) in [6.45, 7) is 8.08. The molecule has 1 unspecified atom stereocenters. The van der Waals surface area contributed by atoms with Crippen molar-refractivity contribution in [2.24, 2.45) is 22.6 Å². The van der Waals surface area contributed by atoms with Crippen LogP contribution >= 0.6 is 0 Å². The molecule has 0 bridgehead atoms. The van der Waals surface area contributed by atoms with Crippen LogP contribution in [0.25, 0.3) is 0 Å². The smallest absolute Gasteiger partial charge is 0.156 e. The van der Waals surface area contributed by atoms with Gasteiger partial charge in [0.05, 0.1) is 6.17 Å². The van der Waals surface area contributed by atoms with Gasteiger partial charge >= 0.3 is 0 Å². The SMILES string of the molecule is CC(N)C(N)N.CC1=CC(=O)CC(C)(C)C1. The summed E-state index contributed by atoms with van der Waals surface area (Å²) in [4.78, 5) is 11.0. The fraction of sp³-hybridized carbons (Fsp3) is 0.750. The quantitative estimate of drug-likeness (QED) is 0.580. The van der Waals surface area contributed by atoms with Crippen molar-refractivity contribution in [2.75, 3.05) is 0 Å². The van der Waals surface area contributed by atoms with Gasteiger partial charge in [0.15, 0.2) is 5.78 Å². The molecule has 0 aromatic heterocycles. The molecule has 1 aliphatic carbocycles. The second-order valence-electron chi connectivity index (χ2n) is 5.41. The minimum absolute atomic E-state index is 0.0926. The Morgan fingerprint density at radius 1 is 1.25 bits per heavy atom. The number of allylic oxidation sites excluding steroid dienone is 2. The van der Waals surface area contributed by atoms with E-state index in [0.717, 1.165) is 6.42 Å². The molecule has 6 N–H and O–H groups in total. The van der Waals surface area contributed by atoms with Gasteiger partial charge in [0.2, 0.25) is 0 Å². The first-order chi connectivity index (χ1) is 7.14. The fourth-order valence-electron chi connectivity index (χ4n) is 1.67. The lowest BCUT2D eigenvalue weighted by atomic mass is 9.77. The van der Waals surface area contributed by atoms with Crippen LogP contribution in [-0.4, -0.2) is 18.0 Å². The van der Waals surface area contributed by atoms with Crippen molar-refractivity contribution in [3.8, 4) is 0 Å². The molecule has 4 nitrogen and oxygen atoms in total. The topological polar surface area (TPSA) is 95.1 Å². The zero-order valence-electron chi connectivity index (χ0n) is 10.8. The predicted molar refractivity (Wildman–Crippen MR) is 67.6 cm³/mol. The first kappa shape index (κ1) is 15.3. The van der Waals surface area contributed by atoms with Crippen molar-refractivity contribution in [3.05, 3.63) is 11.6 Å². The molecule has 94 valence electrons. The van der Waals surface area contributed by atoms with Crippen molar-refractivity contribution in [1.82, 2.24) is 0 Å². The summed E-state index contributed by atoms with van der Waals surface area (Å²) in [5.74, 6) is 0.286. The Labute approximate surface area is 98.2 Å². The average Bonchev–Trinajstić information content (AvgIpc) is 1.99. The van der Waals surface area contributed by atoms with E-state index < -0.39 is 0 Å². The molecular weight excluding hydrogens is 202 g/mol. The van der Waals surface area contributed by atoms with E-state index in [9.17, 15) is 4.79 Å². The van der Waals surface area contributed by atoms with E-state index in [-0.39, 0.29) is 23.4 Å². The van der Waals surface area contributed by atoms with E-state index in [1.807, 2.05) is 6.92 Å². The Kier molecular flexibility index (Phi) is 5.86. The summed E-state index contributed by atoms with van der Waals surface area (Å²) in [6, 6.07) is -0.0926. The minimum atomic E-state index is -0.370. The molecule has 0 saturated carbocycles. The van der Waals surface area contributed by atoms with Gasteiger partial charge in [0, 0.05) is 12.5 Å². The number of hydrogen-bond donors (Lipinski definition) is 3. The largest absolute Gasteiger partial charge is 0.325 e. The standard InChI is InChI=1S/C9H14O.C3H11N3/c1-7-4-8(10)6-9(2,3)5-7;1-2(4)3(5)6/h4H,5-6H2,1-3H3;2-3H,4-6H2,1H3. The van der Waals surface area contributed by atoms with Gasteiger partial charge in [0.1, 0.15) is 0 Å². The molecule has 16 heavy (non-hydrogen) atoms.